The molecule has 0 fully saturated rings. The molecule has 9 nitrogen and oxygen atoms in total. The van der Waals surface area contributed by atoms with Crippen LogP contribution in [-0.4, -0.2) is 21.9 Å². The highest BCUT2D eigenvalue weighted by atomic mass is 16.6. The van der Waals surface area contributed by atoms with Crippen LogP contribution in [0.15, 0.2) is 64.6 Å². The second-order valence-corrected chi connectivity index (χ2v) is 6.47. The third-order valence-electron chi connectivity index (χ3n) is 4.34. The van der Waals surface area contributed by atoms with Crippen molar-refractivity contribution in [3.63, 3.8) is 0 Å². The monoisotopic (exact) mass is 417 g/mol. The number of nitro benzene ring substituents is 1. The van der Waals surface area contributed by atoms with Crippen molar-refractivity contribution in [3.05, 3.63) is 87.2 Å². The van der Waals surface area contributed by atoms with Crippen LogP contribution in [0, 0.1) is 28.4 Å². The van der Waals surface area contributed by atoms with Gasteiger partial charge >= 0.3 is 5.97 Å². The Morgan fingerprint density at radius 1 is 1.19 bits per heavy atom. The van der Waals surface area contributed by atoms with Crippen molar-refractivity contribution < 1.29 is 24.0 Å². The highest BCUT2D eigenvalue weighted by Crippen LogP contribution is 2.29. The first kappa shape index (κ1) is 21.0. The van der Waals surface area contributed by atoms with Crippen molar-refractivity contribution in [2.45, 2.75) is 6.92 Å². The third kappa shape index (κ3) is 4.83. The number of aromatic carboxylic acids is 1. The van der Waals surface area contributed by atoms with Crippen LogP contribution < -0.4 is 5.32 Å². The number of carboxylic acid groups (broad SMARTS) is 1. The molecule has 1 amide bonds. The van der Waals surface area contributed by atoms with Crippen LogP contribution >= 0.6 is 0 Å². The van der Waals surface area contributed by atoms with Crippen LogP contribution in [0.4, 0.5) is 11.4 Å². The largest absolute Gasteiger partial charge is 0.478 e. The first-order chi connectivity index (χ1) is 14.8. The summed E-state index contributed by atoms with van der Waals surface area (Å²) in [5, 5.41) is 32.0. The SMILES string of the molecule is Cc1ccc(-c2ccc(/C=C(/C#N)C(=O)Nc3cccc(C(=O)O)c3)o2)cc1[N+](=O)[O-]. The predicted octanol–water partition coefficient (Wildman–Crippen LogP) is 4.41. The fourth-order valence-electron chi connectivity index (χ4n) is 2.76. The maximum absolute atomic E-state index is 12.4. The van der Waals surface area contributed by atoms with E-state index in [1.165, 1.54) is 42.5 Å². The molecule has 0 aliphatic rings. The van der Waals surface area contributed by atoms with Crippen molar-refractivity contribution in [3.8, 4) is 17.4 Å². The summed E-state index contributed by atoms with van der Waals surface area (Å²) in [5.74, 6) is -1.36. The van der Waals surface area contributed by atoms with Gasteiger partial charge in [0, 0.05) is 29.0 Å². The number of nitrogens with zero attached hydrogens (tertiary/aromatic N) is 2. The lowest BCUT2D eigenvalue weighted by Gasteiger charge is -2.05. The summed E-state index contributed by atoms with van der Waals surface area (Å²) in [4.78, 5) is 34.1. The highest BCUT2D eigenvalue weighted by Gasteiger charge is 2.15. The standard InChI is InChI=1S/C22H15N3O6/c1-13-5-6-14(11-19(13)25(29)30)20-8-7-18(31-20)10-16(12-23)21(26)24-17-4-2-3-15(9-17)22(27)28/h2-11H,1H3,(H,24,26)(H,27,28)/b16-10-. The number of carbonyl (C=O) groups excluding carboxylic acids is 1. The van der Waals surface area contributed by atoms with E-state index >= 15 is 0 Å². The fourth-order valence-corrected chi connectivity index (χ4v) is 2.76. The molecular weight excluding hydrogens is 402 g/mol. The minimum Gasteiger partial charge on any atom is -0.478 e. The third-order valence-corrected chi connectivity index (χ3v) is 4.34. The number of nitriles is 1. The number of furan rings is 1. The van der Waals surface area contributed by atoms with Crippen LogP contribution in [0.2, 0.25) is 0 Å². The fraction of sp³-hybridized carbons (Fsp3) is 0.0455. The topological polar surface area (TPSA) is 146 Å². The van der Waals surface area contributed by atoms with Gasteiger partial charge in [0.1, 0.15) is 23.2 Å². The number of rotatable bonds is 6. The molecule has 0 aliphatic carbocycles. The summed E-state index contributed by atoms with van der Waals surface area (Å²) in [6.45, 7) is 1.63. The number of carbonyl (C=O) groups is 2. The highest BCUT2D eigenvalue weighted by molar-refractivity contribution is 6.09. The summed E-state index contributed by atoms with van der Waals surface area (Å²) in [6, 6.07) is 15.1. The van der Waals surface area contributed by atoms with Crippen molar-refractivity contribution in [2.75, 3.05) is 5.32 Å². The van der Waals surface area contributed by atoms with E-state index in [1.807, 2.05) is 0 Å². The van der Waals surface area contributed by atoms with E-state index < -0.39 is 16.8 Å². The summed E-state index contributed by atoms with van der Waals surface area (Å²) in [6.07, 6.45) is 1.22. The van der Waals surface area contributed by atoms with Gasteiger partial charge in [0.2, 0.25) is 0 Å². The zero-order chi connectivity index (χ0) is 22.5. The predicted molar refractivity (Wildman–Crippen MR) is 111 cm³/mol. The van der Waals surface area contributed by atoms with Gasteiger partial charge in [-0.15, -0.1) is 0 Å². The van der Waals surface area contributed by atoms with Crippen molar-refractivity contribution in [2.24, 2.45) is 0 Å². The lowest BCUT2D eigenvalue weighted by atomic mass is 10.1. The van der Waals surface area contributed by atoms with Crippen LogP contribution in [0.5, 0.6) is 0 Å². The van der Waals surface area contributed by atoms with Gasteiger partial charge in [-0.25, -0.2) is 4.79 Å². The van der Waals surface area contributed by atoms with Crippen molar-refractivity contribution in [1.29, 1.82) is 5.26 Å². The first-order valence-electron chi connectivity index (χ1n) is 8.90. The number of benzene rings is 2. The number of hydrogen-bond acceptors (Lipinski definition) is 6. The summed E-state index contributed by atoms with van der Waals surface area (Å²) < 4.78 is 5.62. The molecule has 1 heterocycles. The van der Waals surface area contributed by atoms with Gasteiger partial charge in [0.15, 0.2) is 0 Å². The molecule has 0 aliphatic heterocycles. The average molecular weight is 417 g/mol. The Balaban J connectivity index is 1.83. The molecule has 3 aromatic rings. The Morgan fingerprint density at radius 3 is 2.65 bits per heavy atom. The number of aryl methyl sites for hydroxylation is 1. The Bertz CT molecular complexity index is 1270. The minimum absolute atomic E-state index is 0.0110. The maximum Gasteiger partial charge on any atom is 0.335 e. The van der Waals surface area contributed by atoms with E-state index in [2.05, 4.69) is 5.32 Å². The van der Waals surface area contributed by atoms with Crippen LogP contribution in [-0.2, 0) is 4.79 Å². The molecule has 0 bridgehead atoms. The Kier molecular flexibility index (Phi) is 5.93. The maximum atomic E-state index is 12.4. The zero-order valence-corrected chi connectivity index (χ0v) is 16.2. The molecule has 0 spiro atoms. The van der Waals surface area contributed by atoms with Crippen LogP contribution in [0.3, 0.4) is 0 Å². The Labute approximate surface area is 176 Å². The lowest BCUT2D eigenvalue weighted by Crippen LogP contribution is -2.13. The molecular formula is C22H15N3O6. The number of nitro groups is 1. The molecule has 154 valence electrons. The minimum atomic E-state index is -1.15. The number of carboxylic acids is 1. The van der Waals surface area contributed by atoms with E-state index in [-0.39, 0.29) is 28.3 Å². The van der Waals surface area contributed by atoms with Crippen molar-refractivity contribution in [1.82, 2.24) is 0 Å². The van der Waals surface area contributed by atoms with Gasteiger partial charge in [0.25, 0.3) is 11.6 Å². The molecule has 0 radical (unpaired) electrons. The number of amides is 1. The Hall–Kier alpha value is -4.71. The summed E-state index contributed by atoms with van der Waals surface area (Å²) in [5.41, 5.74) is 0.880. The van der Waals surface area contributed by atoms with Gasteiger partial charge in [-0.3, -0.25) is 14.9 Å². The second kappa shape index (κ2) is 8.75. The molecule has 0 saturated carbocycles. The normalized spacial score (nSPS) is 10.9. The van der Waals surface area contributed by atoms with Gasteiger partial charge in [-0.2, -0.15) is 5.26 Å². The van der Waals surface area contributed by atoms with E-state index in [0.29, 0.717) is 16.9 Å². The smallest absolute Gasteiger partial charge is 0.335 e. The number of nitrogens with one attached hydrogen (secondary N) is 1. The average Bonchev–Trinajstić information content (AvgIpc) is 3.20. The van der Waals surface area contributed by atoms with E-state index in [4.69, 9.17) is 9.52 Å². The van der Waals surface area contributed by atoms with Crippen LogP contribution in [0.25, 0.3) is 17.4 Å². The first-order valence-corrected chi connectivity index (χ1v) is 8.90. The Morgan fingerprint density at radius 2 is 1.97 bits per heavy atom. The molecule has 1 aromatic heterocycles. The van der Waals surface area contributed by atoms with Crippen LogP contribution in [0.1, 0.15) is 21.7 Å². The quantitative estimate of drug-likeness (QED) is 0.261. The van der Waals surface area contributed by atoms with Gasteiger partial charge in [0.05, 0.1) is 10.5 Å². The van der Waals surface area contributed by atoms with Gasteiger partial charge < -0.3 is 14.8 Å². The molecule has 0 unspecified atom stereocenters. The summed E-state index contributed by atoms with van der Waals surface area (Å²) in [7, 11) is 0. The lowest BCUT2D eigenvalue weighted by molar-refractivity contribution is -0.385. The number of hydrogen-bond donors (Lipinski definition) is 2. The van der Waals surface area contributed by atoms with E-state index in [9.17, 15) is 25.0 Å². The van der Waals surface area contributed by atoms with Gasteiger partial charge in [-0.05, 0) is 37.3 Å². The molecule has 0 saturated heterocycles. The molecule has 2 N–H and O–H groups in total. The zero-order valence-electron chi connectivity index (χ0n) is 16.2. The molecule has 31 heavy (non-hydrogen) atoms. The van der Waals surface area contributed by atoms with Crippen molar-refractivity contribution >= 4 is 29.3 Å². The van der Waals surface area contributed by atoms with Gasteiger partial charge in [-0.1, -0.05) is 18.2 Å². The van der Waals surface area contributed by atoms with E-state index in [0.717, 1.165) is 0 Å². The van der Waals surface area contributed by atoms with E-state index in [1.54, 1.807) is 31.2 Å². The second-order valence-electron chi connectivity index (χ2n) is 6.47. The number of anilines is 1. The molecule has 3 rings (SSSR count). The molecule has 2 aromatic carbocycles. The molecule has 9 heteroatoms. The summed E-state index contributed by atoms with van der Waals surface area (Å²) >= 11 is 0. The molecule has 0 atom stereocenters.